The first kappa shape index (κ1) is 13.5. The Bertz CT molecular complexity index is 142. The lowest BCUT2D eigenvalue weighted by molar-refractivity contribution is 0.755. The standard InChI is InChI=1S/C14H25/c1-3-5-7-9-11-13-14-12-10-8-6-4-2/h5,7,10,12H,1,3-4,6,8-9,11,13-14H2,2H3. The topological polar surface area (TPSA) is 0 Å². The molecule has 0 spiro atoms. The number of hydrogen-bond donors (Lipinski definition) is 0. The Morgan fingerprint density at radius 3 is 1.79 bits per heavy atom. The Morgan fingerprint density at radius 2 is 1.29 bits per heavy atom. The lowest BCUT2D eigenvalue weighted by Crippen LogP contribution is -1.73. The van der Waals surface area contributed by atoms with Crippen LogP contribution < -0.4 is 0 Å². The van der Waals surface area contributed by atoms with Crippen molar-refractivity contribution >= 4 is 0 Å². The highest BCUT2D eigenvalue weighted by Crippen LogP contribution is 2.03. The summed E-state index contributed by atoms with van der Waals surface area (Å²) < 4.78 is 0. The van der Waals surface area contributed by atoms with Crippen LogP contribution in [0.4, 0.5) is 0 Å². The molecule has 0 aliphatic heterocycles. The third kappa shape index (κ3) is 11.5. The van der Waals surface area contributed by atoms with Crippen molar-refractivity contribution in [2.24, 2.45) is 0 Å². The zero-order valence-electron chi connectivity index (χ0n) is 9.67. The minimum atomic E-state index is 0.928. The minimum absolute atomic E-state index is 0.928. The molecule has 0 aromatic heterocycles. The van der Waals surface area contributed by atoms with Gasteiger partial charge in [-0.1, -0.05) is 44.1 Å². The van der Waals surface area contributed by atoms with E-state index in [4.69, 9.17) is 0 Å². The Hall–Kier alpha value is -0.520. The average molecular weight is 193 g/mol. The van der Waals surface area contributed by atoms with Gasteiger partial charge in [-0.25, -0.2) is 0 Å². The Balaban J connectivity index is 3.05. The second-order valence-corrected chi connectivity index (χ2v) is 3.66. The van der Waals surface area contributed by atoms with Crippen molar-refractivity contribution in [1.82, 2.24) is 0 Å². The number of hydrogen-bond acceptors (Lipinski definition) is 0. The summed E-state index contributed by atoms with van der Waals surface area (Å²) in [4.78, 5) is 0. The molecule has 81 valence electrons. The molecule has 0 heterocycles. The van der Waals surface area contributed by atoms with E-state index in [9.17, 15) is 0 Å². The van der Waals surface area contributed by atoms with Crippen molar-refractivity contribution in [3.05, 3.63) is 31.2 Å². The van der Waals surface area contributed by atoms with E-state index in [1.807, 2.05) is 0 Å². The fourth-order valence-electron chi connectivity index (χ4n) is 1.32. The van der Waals surface area contributed by atoms with Gasteiger partial charge < -0.3 is 0 Å². The molecule has 0 amide bonds. The maximum Gasteiger partial charge on any atom is -0.0351 e. The minimum Gasteiger partial charge on any atom is -0.0885 e. The molecule has 0 rings (SSSR count). The van der Waals surface area contributed by atoms with Gasteiger partial charge in [0.1, 0.15) is 0 Å². The fraction of sp³-hybridized carbons (Fsp3) is 0.643. The van der Waals surface area contributed by atoms with Crippen LogP contribution in [0.25, 0.3) is 0 Å². The zero-order valence-corrected chi connectivity index (χ0v) is 9.67. The number of allylic oxidation sites excluding steroid dienone is 4. The Kier molecular flexibility index (Phi) is 12.0. The molecule has 0 fully saturated rings. The van der Waals surface area contributed by atoms with E-state index in [0.717, 1.165) is 6.42 Å². The summed E-state index contributed by atoms with van der Waals surface area (Å²) in [6, 6.07) is 0. The molecule has 0 N–H and O–H groups in total. The molecule has 0 saturated carbocycles. The average Bonchev–Trinajstić information content (AvgIpc) is 2.21. The molecule has 0 aromatic carbocycles. The number of rotatable bonds is 9. The van der Waals surface area contributed by atoms with Crippen molar-refractivity contribution < 1.29 is 0 Å². The van der Waals surface area contributed by atoms with Crippen LogP contribution in [-0.4, -0.2) is 0 Å². The molecule has 0 aliphatic carbocycles. The largest absolute Gasteiger partial charge is 0.0885 e. The third-order valence-electron chi connectivity index (χ3n) is 2.22. The fourth-order valence-corrected chi connectivity index (χ4v) is 1.32. The monoisotopic (exact) mass is 193 g/mol. The first-order valence-electron chi connectivity index (χ1n) is 6.01. The molecule has 0 heteroatoms. The molecular formula is C14H25. The van der Waals surface area contributed by atoms with Crippen molar-refractivity contribution in [2.45, 2.75) is 58.3 Å². The third-order valence-corrected chi connectivity index (χ3v) is 2.22. The van der Waals surface area contributed by atoms with Crippen molar-refractivity contribution in [3.8, 4) is 0 Å². The highest BCUT2D eigenvalue weighted by atomic mass is 13.9. The molecule has 0 nitrogen and oxygen atoms in total. The molecule has 14 heavy (non-hydrogen) atoms. The summed E-state index contributed by atoms with van der Waals surface area (Å²) in [5.41, 5.74) is 0. The molecule has 0 unspecified atom stereocenters. The van der Waals surface area contributed by atoms with Crippen LogP contribution in [0.1, 0.15) is 58.3 Å². The molecule has 0 atom stereocenters. The summed E-state index contributed by atoms with van der Waals surface area (Å²) in [5.74, 6) is 0. The molecule has 1 radical (unpaired) electrons. The van der Waals surface area contributed by atoms with Gasteiger partial charge >= 0.3 is 0 Å². The van der Waals surface area contributed by atoms with Crippen molar-refractivity contribution in [1.29, 1.82) is 0 Å². The SMILES string of the molecule is [CH2]CC=CCCCCC=CCCCC. The van der Waals surface area contributed by atoms with E-state index in [1.54, 1.807) is 0 Å². The highest BCUT2D eigenvalue weighted by molar-refractivity contribution is 4.84. The first-order valence-corrected chi connectivity index (χ1v) is 6.01. The van der Waals surface area contributed by atoms with Crippen LogP contribution >= 0.6 is 0 Å². The maximum absolute atomic E-state index is 3.76. The van der Waals surface area contributed by atoms with Gasteiger partial charge in [0.05, 0.1) is 0 Å². The van der Waals surface area contributed by atoms with E-state index in [1.165, 1.54) is 44.9 Å². The number of unbranched alkanes of at least 4 members (excludes halogenated alkanes) is 5. The van der Waals surface area contributed by atoms with Gasteiger partial charge in [-0.3, -0.25) is 0 Å². The highest BCUT2D eigenvalue weighted by Gasteiger charge is 1.83. The van der Waals surface area contributed by atoms with Gasteiger partial charge in [0.15, 0.2) is 0 Å². The van der Waals surface area contributed by atoms with E-state index in [-0.39, 0.29) is 0 Å². The van der Waals surface area contributed by atoms with E-state index >= 15 is 0 Å². The van der Waals surface area contributed by atoms with Crippen LogP contribution in [0.15, 0.2) is 24.3 Å². The van der Waals surface area contributed by atoms with E-state index in [2.05, 4.69) is 38.2 Å². The van der Waals surface area contributed by atoms with Gasteiger partial charge in [-0.05, 0) is 45.4 Å². The van der Waals surface area contributed by atoms with Gasteiger partial charge in [0, 0.05) is 0 Å². The van der Waals surface area contributed by atoms with E-state index < -0.39 is 0 Å². The summed E-state index contributed by atoms with van der Waals surface area (Å²) in [5, 5.41) is 0. The predicted octanol–water partition coefficient (Wildman–Crippen LogP) is 5.07. The second-order valence-electron chi connectivity index (χ2n) is 3.66. The van der Waals surface area contributed by atoms with E-state index in [0.29, 0.717) is 0 Å². The van der Waals surface area contributed by atoms with Crippen LogP contribution in [0.5, 0.6) is 0 Å². The molecular weight excluding hydrogens is 168 g/mol. The maximum atomic E-state index is 3.76. The predicted molar refractivity (Wildman–Crippen MR) is 66.2 cm³/mol. The second kappa shape index (κ2) is 12.5. The van der Waals surface area contributed by atoms with Gasteiger partial charge in [0.2, 0.25) is 0 Å². The van der Waals surface area contributed by atoms with Gasteiger partial charge in [-0.2, -0.15) is 0 Å². The molecule has 0 saturated heterocycles. The smallest absolute Gasteiger partial charge is 0.0351 e. The Morgan fingerprint density at radius 1 is 0.786 bits per heavy atom. The first-order chi connectivity index (χ1) is 6.91. The zero-order chi connectivity index (χ0) is 10.5. The van der Waals surface area contributed by atoms with Crippen molar-refractivity contribution in [3.63, 3.8) is 0 Å². The lowest BCUT2D eigenvalue weighted by atomic mass is 10.1. The Labute approximate surface area is 90.1 Å². The molecule has 0 aliphatic rings. The van der Waals surface area contributed by atoms with Crippen LogP contribution in [0.2, 0.25) is 0 Å². The molecule has 0 aromatic rings. The van der Waals surface area contributed by atoms with Gasteiger partial charge in [-0.15, -0.1) is 0 Å². The lowest BCUT2D eigenvalue weighted by Gasteiger charge is -1.93. The summed E-state index contributed by atoms with van der Waals surface area (Å²) in [6.45, 7) is 6.00. The summed E-state index contributed by atoms with van der Waals surface area (Å²) in [7, 11) is 0. The van der Waals surface area contributed by atoms with Crippen LogP contribution in [0, 0.1) is 6.92 Å². The van der Waals surface area contributed by atoms with Crippen molar-refractivity contribution in [2.75, 3.05) is 0 Å². The normalized spacial score (nSPS) is 11.9. The summed E-state index contributed by atoms with van der Waals surface area (Å²) >= 11 is 0. The molecule has 0 bridgehead atoms. The van der Waals surface area contributed by atoms with Crippen LogP contribution in [-0.2, 0) is 0 Å². The van der Waals surface area contributed by atoms with Gasteiger partial charge in [0.25, 0.3) is 0 Å². The summed E-state index contributed by atoms with van der Waals surface area (Å²) in [6.07, 6.45) is 19.0. The quantitative estimate of drug-likeness (QED) is 0.354. The van der Waals surface area contributed by atoms with Crippen LogP contribution in [0.3, 0.4) is 0 Å².